The smallest absolute Gasteiger partial charge is 0.419 e. The van der Waals surface area contributed by atoms with Crippen LogP contribution in [-0.4, -0.2) is 49.4 Å². The van der Waals surface area contributed by atoms with Crippen molar-refractivity contribution in [3.63, 3.8) is 0 Å². The Morgan fingerprint density at radius 1 is 1.17 bits per heavy atom. The molecule has 0 aliphatic carbocycles. The van der Waals surface area contributed by atoms with E-state index in [-0.39, 0.29) is 31.1 Å². The number of ether oxygens (including phenoxy) is 1. The lowest BCUT2D eigenvalue weighted by molar-refractivity contribution is -0.125. The average molecular weight is 474 g/mol. The number of carbonyl (C=O) groups is 2. The van der Waals surface area contributed by atoms with Gasteiger partial charge in [0.25, 0.3) is 0 Å². The molecule has 35 heavy (non-hydrogen) atoms. The number of rotatable bonds is 4. The first kappa shape index (κ1) is 21.3. The van der Waals surface area contributed by atoms with Crippen LogP contribution >= 0.6 is 0 Å². The van der Waals surface area contributed by atoms with Gasteiger partial charge >= 0.3 is 11.7 Å². The number of carbonyl (C=O) groups excluding carboxylic acids is 2. The largest absolute Gasteiger partial charge is 0.457 e. The number of esters is 1. The summed E-state index contributed by atoms with van der Waals surface area (Å²) in [6, 6.07) is 8.80. The summed E-state index contributed by atoms with van der Waals surface area (Å²) in [4.78, 5) is 38.2. The second-order valence-electron chi connectivity index (χ2n) is 8.91. The van der Waals surface area contributed by atoms with Gasteiger partial charge in [-0.15, -0.1) is 5.10 Å². The van der Waals surface area contributed by atoms with E-state index in [1.165, 1.54) is 4.57 Å². The molecule has 4 aromatic rings. The highest BCUT2D eigenvalue weighted by Gasteiger charge is 2.30. The topological polar surface area (TPSA) is 124 Å². The van der Waals surface area contributed by atoms with Crippen LogP contribution in [0, 0.1) is 6.92 Å². The Bertz CT molecular complexity index is 1560. The summed E-state index contributed by atoms with van der Waals surface area (Å²) in [5.74, 6) is -0.805. The Morgan fingerprint density at radius 2 is 2.03 bits per heavy atom. The molecule has 178 valence electrons. The van der Waals surface area contributed by atoms with Crippen molar-refractivity contribution >= 4 is 23.0 Å². The maximum atomic E-state index is 12.5. The van der Waals surface area contributed by atoms with Crippen LogP contribution in [0.3, 0.4) is 0 Å². The first-order valence-electron chi connectivity index (χ1n) is 11.2. The van der Waals surface area contributed by atoms with E-state index in [1.807, 2.05) is 30.2 Å². The fourth-order valence-electron chi connectivity index (χ4n) is 4.84. The first-order chi connectivity index (χ1) is 16.9. The standard InChI is InChI=1S/C24H22N6O5/c1-13-16(4-5-17-18(13)12-34-23(17)32)19-10-29(11-22(31)25-19)8-14-9-30(27-26-14)15-3-6-21-20(7-15)28(2)24(33)35-21/h3-7,9,19H,8,10-12H2,1-2H3,(H,25,31). The van der Waals surface area contributed by atoms with E-state index in [4.69, 9.17) is 9.15 Å². The highest BCUT2D eigenvalue weighted by molar-refractivity contribution is 5.94. The molecule has 1 atom stereocenters. The third-order valence-electron chi connectivity index (χ3n) is 6.69. The van der Waals surface area contributed by atoms with Crippen LogP contribution in [0.5, 0.6) is 0 Å². The number of cyclic esters (lactones) is 1. The maximum absolute atomic E-state index is 12.5. The number of oxazole rings is 1. The quantitative estimate of drug-likeness (QED) is 0.440. The zero-order chi connectivity index (χ0) is 24.3. The van der Waals surface area contributed by atoms with E-state index >= 15 is 0 Å². The second-order valence-corrected chi connectivity index (χ2v) is 8.91. The van der Waals surface area contributed by atoms with Gasteiger partial charge in [-0.25, -0.2) is 14.3 Å². The van der Waals surface area contributed by atoms with Gasteiger partial charge in [-0.2, -0.15) is 0 Å². The zero-order valence-corrected chi connectivity index (χ0v) is 19.1. The maximum Gasteiger partial charge on any atom is 0.419 e. The van der Waals surface area contributed by atoms with Crippen molar-refractivity contribution < 1.29 is 18.7 Å². The third-order valence-corrected chi connectivity index (χ3v) is 6.69. The molecule has 2 aromatic carbocycles. The Labute approximate surface area is 198 Å². The summed E-state index contributed by atoms with van der Waals surface area (Å²) in [5.41, 5.74) is 6.04. The van der Waals surface area contributed by atoms with Crippen LogP contribution in [0.4, 0.5) is 0 Å². The summed E-state index contributed by atoms with van der Waals surface area (Å²) in [6.45, 7) is 3.51. The first-order valence-corrected chi connectivity index (χ1v) is 11.2. The highest BCUT2D eigenvalue weighted by Crippen LogP contribution is 2.30. The van der Waals surface area contributed by atoms with Crippen LogP contribution in [0.1, 0.15) is 38.8 Å². The van der Waals surface area contributed by atoms with Gasteiger partial charge in [0.05, 0.1) is 41.2 Å². The molecular formula is C24H22N6O5. The monoisotopic (exact) mass is 474 g/mol. The summed E-state index contributed by atoms with van der Waals surface area (Å²) in [5, 5.41) is 11.6. The zero-order valence-electron chi connectivity index (χ0n) is 19.1. The number of aromatic nitrogens is 4. The molecule has 0 spiro atoms. The Morgan fingerprint density at radius 3 is 2.89 bits per heavy atom. The number of amides is 1. The van der Waals surface area contributed by atoms with Crippen LogP contribution in [0.2, 0.25) is 0 Å². The molecule has 2 aliphatic heterocycles. The molecule has 1 N–H and O–H groups in total. The van der Waals surface area contributed by atoms with Crippen LogP contribution < -0.4 is 11.1 Å². The molecule has 2 aliphatic rings. The number of piperazine rings is 1. The predicted molar refractivity (Wildman–Crippen MR) is 123 cm³/mol. The summed E-state index contributed by atoms with van der Waals surface area (Å²) >= 11 is 0. The van der Waals surface area contributed by atoms with E-state index in [0.29, 0.717) is 35.4 Å². The van der Waals surface area contributed by atoms with Crippen LogP contribution in [-0.2, 0) is 29.7 Å². The lowest BCUT2D eigenvalue weighted by atomic mass is 9.93. The number of nitrogens with zero attached hydrogens (tertiary/aromatic N) is 5. The van der Waals surface area contributed by atoms with Gasteiger partial charge in [-0.3, -0.25) is 14.3 Å². The van der Waals surface area contributed by atoms with Gasteiger partial charge in [0.2, 0.25) is 5.91 Å². The van der Waals surface area contributed by atoms with Crippen LogP contribution in [0.15, 0.2) is 45.7 Å². The van der Waals surface area contributed by atoms with E-state index in [2.05, 4.69) is 15.6 Å². The average Bonchev–Trinajstić information content (AvgIpc) is 3.52. The lowest BCUT2D eigenvalue weighted by Crippen LogP contribution is -2.49. The number of hydrogen-bond donors (Lipinski definition) is 1. The molecule has 4 heterocycles. The molecule has 1 amide bonds. The lowest BCUT2D eigenvalue weighted by Gasteiger charge is -2.33. The van der Waals surface area contributed by atoms with Gasteiger partial charge in [0.1, 0.15) is 6.61 Å². The Balaban J connectivity index is 1.22. The minimum absolute atomic E-state index is 0.0767. The van der Waals surface area contributed by atoms with E-state index in [9.17, 15) is 14.4 Å². The highest BCUT2D eigenvalue weighted by atomic mass is 16.5. The van der Waals surface area contributed by atoms with Gasteiger partial charge in [0, 0.05) is 25.7 Å². The number of nitrogens with one attached hydrogen (secondary N) is 1. The number of benzene rings is 2. The Hall–Kier alpha value is -4.25. The molecule has 0 bridgehead atoms. The molecule has 2 aromatic heterocycles. The molecule has 11 nitrogen and oxygen atoms in total. The minimum Gasteiger partial charge on any atom is -0.457 e. The number of aryl methyl sites for hydroxylation is 1. The third kappa shape index (κ3) is 3.60. The summed E-state index contributed by atoms with van der Waals surface area (Å²) < 4.78 is 13.4. The molecule has 1 unspecified atom stereocenters. The SMILES string of the molecule is Cc1c(C2CN(Cc3cn(-c4ccc5oc(=O)n(C)c5c4)nn3)CC(=O)N2)ccc2c1COC2=O. The fraction of sp³-hybridized carbons (Fsp3) is 0.292. The normalized spacial score (nSPS) is 18.1. The Kier molecular flexibility index (Phi) is 4.81. The molecule has 6 rings (SSSR count). The molecular weight excluding hydrogens is 452 g/mol. The second kappa shape index (κ2) is 7.91. The predicted octanol–water partition coefficient (Wildman–Crippen LogP) is 1.36. The minimum atomic E-state index is -0.424. The fourth-order valence-corrected chi connectivity index (χ4v) is 4.84. The van der Waals surface area contributed by atoms with Crippen molar-refractivity contribution in [1.82, 2.24) is 29.8 Å². The molecule has 1 saturated heterocycles. The summed E-state index contributed by atoms with van der Waals surface area (Å²) in [6.07, 6.45) is 1.81. The van der Waals surface area contributed by atoms with E-state index < -0.39 is 5.76 Å². The molecule has 0 saturated carbocycles. The molecule has 11 heteroatoms. The van der Waals surface area contributed by atoms with Gasteiger partial charge in [0.15, 0.2) is 5.58 Å². The molecule has 0 radical (unpaired) electrons. The van der Waals surface area contributed by atoms with E-state index in [1.54, 1.807) is 29.9 Å². The molecule has 1 fully saturated rings. The van der Waals surface area contributed by atoms with Gasteiger partial charge < -0.3 is 14.5 Å². The van der Waals surface area contributed by atoms with Crippen molar-refractivity contribution in [3.8, 4) is 5.69 Å². The number of hydrogen-bond acceptors (Lipinski definition) is 8. The van der Waals surface area contributed by atoms with E-state index in [0.717, 1.165) is 22.4 Å². The van der Waals surface area contributed by atoms with Crippen molar-refractivity contribution in [2.45, 2.75) is 26.1 Å². The van der Waals surface area contributed by atoms with Crippen molar-refractivity contribution in [1.29, 1.82) is 0 Å². The van der Waals surface area contributed by atoms with Crippen LogP contribution in [0.25, 0.3) is 16.8 Å². The summed E-state index contributed by atoms with van der Waals surface area (Å²) in [7, 11) is 1.65. The van der Waals surface area contributed by atoms with Crippen molar-refractivity contribution in [3.05, 3.63) is 75.0 Å². The van der Waals surface area contributed by atoms with Gasteiger partial charge in [-0.1, -0.05) is 11.3 Å². The van der Waals surface area contributed by atoms with Crippen molar-refractivity contribution in [2.24, 2.45) is 7.05 Å². The number of fused-ring (bicyclic) bond motifs is 2. The van der Waals surface area contributed by atoms with Gasteiger partial charge in [-0.05, 0) is 42.3 Å². The van der Waals surface area contributed by atoms with Crippen molar-refractivity contribution in [2.75, 3.05) is 13.1 Å².